The summed E-state index contributed by atoms with van der Waals surface area (Å²) >= 11 is 2.02. The second-order valence-electron chi connectivity index (χ2n) is 5.04. The largest absolute Gasteiger partial charge is 0.455 e. The Balaban J connectivity index is 2.71. The molecule has 5 nitrogen and oxygen atoms in total. The van der Waals surface area contributed by atoms with E-state index in [4.69, 9.17) is 4.74 Å². The van der Waals surface area contributed by atoms with Gasteiger partial charge in [0, 0.05) is 0 Å². The van der Waals surface area contributed by atoms with Gasteiger partial charge in [0.2, 0.25) is 5.91 Å². The molecule has 0 aliphatic rings. The first-order valence-corrected chi connectivity index (χ1v) is 7.08. The van der Waals surface area contributed by atoms with Crippen LogP contribution in [0.25, 0.3) is 0 Å². The summed E-state index contributed by atoms with van der Waals surface area (Å²) in [5.74, 6) is -0.583. The first-order valence-electron chi connectivity index (χ1n) is 5.83. The van der Waals surface area contributed by atoms with Gasteiger partial charge in [-0.25, -0.2) is 9.78 Å². The molecule has 0 saturated carbocycles. The Labute approximate surface area is 126 Å². The molecule has 0 unspecified atom stereocenters. The maximum Gasteiger partial charge on any atom is 0.357 e. The lowest BCUT2D eigenvalue weighted by atomic mass is 10.2. The summed E-state index contributed by atoms with van der Waals surface area (Å²) in [5, 5.41) is 2.69. The first-order chi connectivity index (χ1) is 8.69. The zero-order valence-electron chi connectivity index (χ0n) is 11.4. The number of anilines is 1. The van der Waals surface area contributed by atoms with Crippen LogP contribution < -0.4 is 5.32 Å². The van der Waals surface area contributed by atoms with Crippen molar-refractivity contribution in [1.82, 2.24) is 4.98 Å². The fourth-order valence-electron chi connectivity index (χ4n) is 1.16. The fourth-order valence-corrected chi connectivity index (χ4v) is 1.32. The Morgan fingerprint density at radius 2 is 2.00 bits per heavy atom. The number of halogens is 1. The van der Waals surface area contributed by atoms with Gasteiger partial charge in [-0.2, -0.15) is 0 Å². The van der Waals surface area contributed by atoms with E-state index in [1.807, 2.05) is 22.6 Å². The number of hydrogen-bond acceptors (Lipinski definition) is 4. The van der Waals surface area contributed by atoms with Crippen LogP contribution >= 0.6 is 22.6 Å². The minimum atomic E-state index is -0.553. The van der Waals surface area contributed by atoms with E-state index < -0.39 is 11.6 Å². The standard InChI is InChI=1S/C13H17IN2O3/c1-8(14)11(17)16-9-5-6-10(15-7-9)12(18)19-13(2,3)4/h5-8H,1-4H3,(H,16,17)/t8-/m0/s1. The van der Waals surface area contributed by atoms with Crippen molar-refractivity contribution in [1.29, 1.82) is 0 Å². The van der Waals surface area contributed by atoms with Gasteiger partial charge in [0.15, 0.2) is 0 Å². The molecule has 0 saturated heterocycles. The summed E-state index contributed by atoms with van der Waals surface area (Å²) in [6.45, 7) is 7.17. The van der Waals surface area contributed by atoms with Gasteiger partial charge in [-0.1, -0.05) is 22.6 Å². The Bertz CT molecular complexity index is 464. The average molecular weight is 376 g/mol. The molecule has 0 aromatic carbocycles. The minimum absolute atomic E-state index is 0.104. The Morgan fingerprint density at radius 1 is 1.37 bits per heavy atom. The number of alkyl halides is 1. The molecule has 0 bridgehead atoms. The molecule has 1 amide bonds. The number of nitrogens with one attached hydrogen (secondary N) is 1. The topological polar surface area (TPSA) is 68.3 Å². The average Bonchev–Trinajstić information content (AvgIpc) is 2.27. The normalized spacial score (nSPS) is 12.7. The molecule has 1 rings (SSSR count). The van der Waals surface area contributed by atoms with Crippen LogP contribution in [0.2, 0.25) is 0 Å². The van der Waals surface area contributed by atoms with Crippen LogP contribution in [-0.2, 0) is 9.53 Å². The highest BCUT2D eigenvalue weighted by molar-refractivity contribution is 14.1. The summed E-state index contributed by atoms with van der Waals surface area (Å²) in [6.07, 6.45) is 1.44. The van der Waals surface area contributed by atoms with Crippen molar-refractivity contribution in [2.45, 2.75) is 37.2 Å². The van der Waals surface area contributed by atoms with E-state index in [1.54, 1.807) is 33.8 Å². The number of pyridine rings is 1. The van der Waals surface area contributed by atoms with Crippen LogP contribution in [0.5, 0.6) is 0 Å². The van der Waals surface area contributed by atoms with E-state index in [0.717, 1.165) is 0 Å². The van der Waals surface area contributed by atoms with Crippen LogP contribution in [0, 0.1) is 0 Å². The summed E-state index contributed by atoms with van der Waals surface area (Å²) in [4.78, 5) is 27.2. The molecule has 1 N–H and O–H groups in total. The quantitative estimate of drug-likeness (QED) is 0.501. The monoisotopic (exact) mass is 376 g/mol. The van der Waals surface area contributed by atoms with Crippen LogP contribution in [0.1, 0.15) is 38.2 Å². The third kappa shape index (κ3) is 5.54. The second kappa shape index (κ2) is 6.31. The highest BCUT2D eigenvalue weighted by Gasteiger charge is 2.18. The van der Waals surface area contributed by atoms with Gasteiger partial charge < -0.3 is 10.1 Å². The summed E-state index contributed by atoms with van der Waals surface area (Å²) in [6, 6.07) is 3.16. The predicted octanol–water partition coefficient (Wildman–Crippen LogP) is 2.80. The Kier molecular flexibility index (Phi) is 5.28. The lowest BCUT2D eigenvalue weighted by molar-refractivity contribution is -0.115. The molecule has 104 valence electrons. The number of nitrogens with zero attached hydrogens (tertiary/aromatic N) is 1. The number of hydrogen-bond donors (Lipinski definition) is 1. The SMILES string of the molecule is C[C@H](I)C(=O)Nc1ccc(C(=O)OC(C)(C)C)nc1. The van der Waals surface area contributed by atoms with E-state index in [-0.39, 0.29) is 15.5 Å². The molecule has 1 aromatic heterocycles. The van der Waals surface area contributed by atoms with Gasteiger partial charge in [-0.15, -0.1) is 0 Å². The van der Waals surface area contributed by atoms with Gasteiger partial charge in [-0.3, -0.25) is 4.79 Å². The minimum Gasteiger partial charge on any atom is -0.455 e. The molecule has 0 radical (unpaired) electrons. The van der Waals surface area contributed by atoms with Crippen LogP contribution in [0.15, 0.2) is 18.3 Å². The predicted molar refractivity (Wildman–Crippen MR) is 81.5 cm³/mol. The molecule has 0 aliphatic carbocycles. The smallest absolute Gasteiger partial charge is 0.357 e. The maximum absolute atomic E-state index is 11.7. The lowest BCUT2D eigenvalue weighted by Crippen LogP contribution is -2.24. The van der Waals surface area contributed by atoms with Crippen LogP contribution in [0.4, 0.5) is 5.69 Å². The summed E-state index contributed by atoms with van der Waals surface area (Å²) < 4.78 is 5.06. The van der Waals surface area contributed by atoms with E-state index in [0.29, 0.717) is 5.69 Å². The molecule has 1 heterocycles. The molecule has 1 aromatic rings. The van der Waals surface area contributed by atoms with Crippen molar-refractivity contribution in [3.63, 3.8) is 0 Å². The number of carbonyl (C=O) groups excluding carboxylic acids is 2. The zero-order valence-corrected chi connectivity index (χ0v) is 13.5. The molecular formula is C13H17IN2O3. The van der Waals surface area contributed by atoms with Crippen molar-refractivity contribution in [2.75, 3.05) is 5.32 Å². The van der Waals surface area contributed by atoms with Crippen molar-refractivity contribution >= 4 is 40.2 Å². The molecule has 1 atom stereocenters. The van der Waals surface area contributed by atoms with Crippen molar-refractivity contribution in [3.05, 3.63) is 24.0 Å². The molecule has 6 heteroatoms. The first kappa shape index (κ1) is 15.9. The van der Waals surface area contributed by atoms with E-state index >= 15 is 0 Å². The van der Waals surface area contributed by atoms with E-state index in [1.165, 1.54) is 12.3 Å². The maximum atomic E-state index is 11.7. The Morgan fingerprint density at radius 3 is 2.42 bits per heavy atom. The summed E-state index contributed by atoms with van der Waals surface area (Å²) in [5.41, 5.74) is 0.221. The van der Waals surface area contributed by atoms with Crippen LogP contribution in [0.3, 0.4) is 0 Å². The van der Waals surface area contributed by atoms with Gasteiger partial charge in [0.1, 0.15) is 11.3 Å². The fraction of sp³-hybridized carbons (Fsp3) is 0.462. The highest BCUT2D eigenvalue weighted by atomic mass is 127. The number of ether oxygens (including phenoxy) is 1. The Hall–Kier alpha value is -1.18. The highest BCUT2D eigenvalue weighted by Crippen LogP contribution is 2.13. The second-order valence-corrected chi connectivity index (χ2v) is 6.91. The van der Waals surface area contributed by atoms with Gasteiger partial charge in [0.05, 0.1) is 15.8 Å². The van der Waals surface area contributed by atoms with Gasteiger partial charge >= 0.3 is 5.97 Å². The molecule has 0 aliphatic heterocycles. The van der Waals surface area contributed by atoms with Gasteiger partial charge in [0.25, 0.3) is 0 Å². The van der Waals surface area contributed by atoms with E-state index in [2.05, 4.69) is 10.3 Å². The number of aromatic nitrogens is 1. The zero-order chi connectivity index (χ0) is 14.6. The molecular weight excluding hydrogens is 359 g/mol. The number of amides is 1. The van der Waals surface area contributed by atoms with Gasteiger partial charge in [-0.05, 0) is 39.8 Å². The molecule has 19 heavy (non-hydrogen) atoms. The summed E-state index contributed by atoms with van der Waals surface area (Å²) in [7, 11) is 0. The lowest BCUT2D eigenvalue weighted by Gasteiger charge is -2.19. The number of esters is 1. The van der Waals surface area contributed by atoms with Crippen molar-refractivity contribution < 1.29 is 14.3 Å². The molecule has 0 fully saturated rings. The van der Waals surface area contributed by atoms with Crippen LogP contribution in [-0.4, -0.2) is 26.4 Å². The third-order valence-corrected chi connectivity index (χ3v) is 2.57. The van der Waals surface area contributed by atoms with Crippen molar-refractivity contribution in [2.24, 2.45) is 0 Å². The number of rotatable bonds is 3. The molecule has 0 spiro atoms. The van der Waals surface area contributed by atoms with E-state index in [9.17, 15) is 9.59 Å². The number of carbonyl (C=O) groups is 2. The van der Waals surface area contributed by atoms with Crippen molar-refractivity contribution in [3.8, 4) is 0 Å². The third-order valence-electron chi connectivity index (χ3n) is 2.00.